The second-order valence-electron chi connectivity index (χ2n) is 8.91. The highest BCUT2D eigenvalue weighted by molar-refractivity contribution is 7.11. The molecule has 0 bridgehead atoms. The zero-order valence-corrected chi connectivity index (χ0v) is 22.8. The molecule has 0 fully saturated rings. The van der Waals surface area contributed by atoms with Crippen molar-refractivity contribution in [2.45, 2.75) is 45.2 Å². The Labute approximate surface area is 231 Å². The smallest absolute Gasteiger partial charge is 0.243 e. The number of rotatable bonds is 14. The van der Waals surface area contributed by atoms with Gasteiger partial charge < -0.3 is 20.9 Å². The first-order valence-corrected chi connectivity index (χ1v) is 13.5. The summed E-state index contributed by atoms with van der Waals surface area (Å²) in [6.45, 7) is 6.80. The third kappa shape index (κ3) is 8.61. The number of carbonyl (C=O) groups is 4. The van der Waals surface area contributed by atoms with Crippen LogP contribution >= 0.6 is 11.3 Å². The summed E-state index contributed by atoms with van der Waals surface area (Å²) in [4.78, 5) is 58.3. The topological polar surface area (TPSA) is 133 Å². The zero-order chi connectivity index (χ0) is 28.2. The maximum absolute atomic E-state index is 13.2. The summed E-state index contributed by atoms with van der Waals surface area (Å²) >= 11 is 1.20. The SMILES string of the molecule is C=C/C=C\C=C(/C)CC(NC(=O)CC)C(=O)NCC(=O)NC(Cc1c[nH]c2ccccc12)C(=O)c1nccs1. The van der Waals surface area contributed by atoms with E-state index in [0.717, 1.165) is 22.0 Å². The van der Waals surface area contributed by atoms with E-state index in [-0.39, 0.29) is 37.5 Å². The molecule has 2 atom stereocenters. The van der Waals surface area contributed by atoms with E-state index in [1.807, 2.05) is 43.5 Å². The fourth-order valence-electron chi connectivity index (χ4n) is 3.95. The summed E-state index contributed by atoms with van der Waals surface area (Å²) < 4.78 is 0. The van der Waals surface area contributed by atoms with Crippen molar-refractivity contribution in [1.82, 2.24) is 25.9 Å². The van der Waals surface area contributed by atoms with Crippen LogP contribution in [0.5, 0.6) is 0 Å². The Morgan fingerprint density at radius 3 is 2.59 bits per heavy atom. The van der Waals surface area contributed by atoms with Gasteiger partial charge in [0, 0.05) is 41.5 Å². The molecule has 39 heavy (non-hydrogen) atoms. The van der Waals surface area contributed by atoms with E-state index in [2.05, 4.69) is 32.5 Å². The number of nitrogens with zero attached hydrogens (tertiary/aromatic N) is 1. The second-order valence-corrected chi connectivity index (χ2v) is 9.81. The van der Waals surface area contributed by atoms with Crippen LogP contribution in [-0.4, -0.2) is 52.1 Å². The number of aromatic amines is 1. The molecule has 0 saturated heterocycles. The molecule has 2 unspecified atom stereocenters. The molecule has 2 heterocycles. The number of para-hydroxylation sites is 1. The lowest BCUT2D eigenvalue weighted by Crippen LogP contribution is -2.51. The predicted octanol–water partition coefficient (Wildman–Crippen LogP) is 3.62. The summed E-state index contributed by atoms with van der Waals surface area (Å²) in [5, 5.41) is 11.0. The van der Waals surface area contributed by atoms with Gasteiger partial charge in [-0.15, -0.1) is 11.3 Å². The van der Waals surface area contributed by atoms with Crippen LogP contribution in [0.4, 0.5) is 0 Å². The first-order valence-electron chi connectivity index (χ1n) is 12.6. The number of aromatic nitrogens is 2. The average molecular weight is 548 g/mol. The van der Waals surface area contributed by atoms with Crippen LogP contribution in [0.25, 0.3) is 10.9 Å². The van der Waals surface area contributed by atoms with Crippen molar-refractivity contribution >= 4 is 45.7 Å². The standard InChI is InChI=1S/C29H33N5O4S/c1-4-6-7-10-19(3)15-24(34-25(35)5-2)28(38)32-18-26(36)33-23(27(37)29-30-13-14-39-29)16-20-17-31-22-12-9-8-11-21(20)22/h4,6-14,17,23-24,31H,1,5,15-16,18H2,2-3H3,(H,32,38)(H,33,36)(H,34,35)/b7-6-,19-10+. The number of benzene rings is 1. The lowest BCUT2D eigenvalue weighted by molar-refractivity contribution is -0.130. The van der Waals surface area contributed by atoms with Gasteiger partial charge in [-0.3, -0.25) is 19.2 Å². The van der Waals surface area contributed by atoms with Gasteiger partial charge in [0.05, 0.1) is 12.6 Å². The van der Waals surface area contributed by atoms with Gasteiger partial charge in [0.25, 0.3) is 0 Å². The molecule has 0 saturated carbocycles. The molecule has 4 N–H and O–H groups in total. The highest BCUT2D eigenvalue weighted by atomic mass is 32.1. The van der Waals surface area contributed by atoms with Crippen molar-refractivity contribution in [1.29, 1.82) is 0 Å². The zero-order valence-electron chi connectivity index (χ0n) is 22.0. The fourth-order valence-corrected chi connectivity index (χ4v) is 4.58. The number of allylic oxidation sites excluding steroid dienone is 4. The Balaban J connectivity index is 1.69. The van der Waals surface area contributed by atoms with Gasteiger partial charge in [-0.1, -0.05) is 61.6 Å². The van der Waals surface area contributed by atoms with Gasteiger partial charge in [0.2, 0.25) is 23.5 Å². The number of Topliss-reactive ketones (excluding diaryl/α,β-unsaturated/α-hetero) is 1. The summed E-state index contributed by atoms with van der Waals surface area (Å²) in [6, 6.07) is 5.98. The largest absolute Gasteiger partial charge is 0.361 e. The molecule has 0 aliphatic heterocycles. The summed E-state index contributed by atoms with van der Waals surface area (Å²) in [7, 11) is 0. The van der Waals surface area contributed by atoms with Gasteiger partial charge in [-0.05, 0) is 25.0 Å². The highest BCUT2D eigenvalue weighted by Gasteiger charge is 2.26. The quantitative estimate of drug-likeness (QED) is 0.181. The molecule has 3 rings (SSSR count). The Hall–Kier alpha value is -4.31. The Morgan fingerprint density at radius 1 is 1.10 bits per heavy atom. The lowest BCUT2D eigenvalue weighted by Gasteiger charge is -2.20. The first-order chi connectivity index (χ1) is 18.8. The molecular weight excluding hydrogens is 514 g/mol. The number of hydrogen-bond acceptors (Lipinski definition) is 6. The van der Waals surface area contributed by atoms with Gasteiger partial charge in [-0.25, -0.2) is 4.98 Å². The van der Waals surface area contributed by atoms with Crippen LogP contribution in [0.15, 0.2) is 78.5 Å². The lowest BCUT2D eigenvalue weighted by atomic mass is 10.0. The van der Waals surface area contributed by atoms with E-state index >= 15 is 0 Å². The van der Waals surface area contributed by atoms with Crippen molar-refractivity contribution in [3.8, 4) is 0 Å². The van der Waals surface area contributed by atoms with Crippen LogP contribution in [-0.2, 0) is 20.8 Å². The number of ketones is 1. The van der Waals surface area contributed by atoms with Gasteiger partial charge in [0.15, 0.2) is 5.01 Å². The van der Waals surface area contributed by atoms with Crippen molar-refractivity contribution in [2.75, 3.05) is 6.54 Å². The van der Waals surface area contributed by atoms with E-state index in [9.17, 15) is 19.2 Å². The molecule has 2 aromatic heterocycles. The number of fused-ring (bicyclic) bond motifs is 1. The number of thiazole rings is 1. The molecule has 9 nitrogen and oxygen atoms in total. The molecule has 204 valence electrons. The highest BCUT2D eigenvalue weighted by Crippen LogP contribution is 2.20. The maximum atomic E-state index is 13.2. The van der Waals surface area contributed by atoms with Crippen LogP contribution in [0.2, 0.25) is 0 Å². The van der Waals surface area contributed by atoms with E-state index in [1.165, 1.54) is 17.5 Å². The number of carbonyl (C=O) groups excluding carboxylic acids is 4. The Kier molecular flexibility index (Phi) is 10.9. The molecular formula is C29H33N5O4S. The van der Waals surface area contributed by atoms with Crippen molar-refractivity contribution in [3.63, 3.8) is 0 Å². The minimum absolute atomic E-state index is 0.220. The van der Waals surface area contributed by atoms with Crippen LogP contribution in [0.1, 0.15) is 42.1 Å². The minimum atomic E-state index is -0.878. The maximum Gasteiger partial charge on any atom is 0.243 e. The van der Waals surface area contributed by atoms with Crippen LogP contribution < -0.4 is 16.0 Å². The molecule has 3 amide bonds. The molecule has 0 radical (unpaired) electrons. The molecule has 0 aliphatic carbocycles. The van der Waals surface area contributed by atoms with Gasteiger partial charge in [-0.2, -0.15) is 0 Å². The molecule has 0 aliphatic rings. The summed E-state index contributed by atoms with van der Waals surface area (Å²) in [5.74, 6) is -1.61. The Morgan fingerprint density at radius 2 is 1.87 bits per heavy atom. The molecule has 1 aromatic carbocycles. The first kappa shape index (κ1) is 29.2. The molecule has 10 heteroatoms. The van der Waals surface area contributed by atoms with Gasteiger partial charge in [0.1, 0.15) is 6.04 Å². The fraction of sp³-hybridized carbons (Fsp3) is 0.276. The number of nitrogens with one attached hydrogen (secondary N) is 4. The van der Waals surface area contributed by atoms with Crippen LogP contribution in [0.3, 0.4) is 0 Å². The number of hydrogen-bond donors (Lipinski definition) is 4. The Bertz CT molecular complexity index is 1370. The third-order valence-corrected chi connectivity index (χ3v) is 6.73. The summed E-state index contributed by atoms with van der Waals surface area (Å²) in [6.07, 6.45) is 11.1. The second kappa shape index (κ2) is 14.6. The molecule has 0 spiro atoms. The van der Waals surface area contributed by atoms with Crippen molar-refractivity contribution < 1.29 is 19.2 Å². The van der Waals surface area contributed by atoms with E-state index < -0.39 is 23.9 Å². The van der Waals surface area contributed by atoms with Crippen LogP contribution in [0, 0.1) is 0 Å². The average Bonchev–Trinajstić information content (AvgIpc) is 3.61. The normalized spacial score (nSPS) is 13.1. The third-order valence-electron chi connectivity index (χ3n) is 5.94. The monoisotopic (exact) mass is 547 g/mol. The van der Waals surface area contributed by atoms with E-state index in [0.29, 0.717) is 5.01 Å². The number of amides is 3. The minimum Gasteiger partial charge on any atom is -0.361 e. The predicted molar refractivity (Wildman–Crippen MR) is 153 cm³/mol. The summed E-state index contributed by atoms with van der Waals surface area (Å²) in [5.41, 5.74) is 2.66. The van der Waals surface area contributed by atoms with E-state index in [4.69, 9.17) is 0 Å². The number of H-pyrrole nitrogens is 1. The van der Waals surface area contributed by atoms with Crippen molar-refractivity contribution in [3.05, 3.63) is 89.1 Å². The molecule has 3 aromatic rings. The van der Waals surface area contributed by atoms with Gasteiger partial charge >= 0.3 is 0 Å². The van der Waals surface area contributed by atoms with Crippen molar-refractivity contribution in [2.24, 2.45) is 0 Å². The van der Waals surface area contributed by atoms with E-state index in [1.54, 1.807) is 30.5 Å².